The Morgan fingerprint density at radius 2 is 1.86 bits per heavy atom. The maximum atomic E-state index is 12.6. The van der Waals surface area contributed by atoms with Gasteiger partial charge in [0.25, 0.3) is 0 Å². The zero-order valence-electron chi connectivity index (χ0n) is 16.7. The van der Waals surface area contributed by atoms with E-state index in [2.05, 4.69) is 39.4 Å². The first-order valence-corrected chi connectivity index (χ1v) is 10.4. The van der Waals surface area contributed by atoms with Crippen LogP contribution < -0.4 is 10.6 Å². The molecule has 5 nitrogen and oxygen atoms in total. The number of guanidine groups is 1. The van der Waals surface area contributed by atoms with Gasteiger partial charge in [0, 0.05) is 25.0 Å². The Bertz CT molecular complexity index is 598. The topological polar surface area (TPSA) is 52.6 Å². The second kappa shape index (κ2) is 12.2. The third-order valence-corrected chi connectivity index (χ3v) is 5.68. The Hall–Kier alpha value is -0.620. The predicted molar refractivity (Wildman–Crippen MR) is 119 cm³/mol. The summed E-state index contributed by atoms with van der Waals surface area (Å²) in [6, 6.07) is 0.401. The quantitative estimate of drug-likeness (QED) is 0.325. The second-order valence-electron chi connectivity index (χ2n) is 7.19. The fourth-order valence-electron chi connectivity index (χ4n) is 3.32. The molecular weight excluding hydrogens is 502 g/mol. The van der Waals surface area contributed by atoms with E-state index in [0.29, 0.717) is 22.9 Å². The van der Waals surface area contributed by atoms with Crippen molar-refractivity contribution in [1.82, 2.24) is 20.5 Å². The molecule has 1 aromatic rings. The van der Waals surface area contributed by atoms with E-state index in [9.17, 15) is 13.2 Å². The Kier molecular flexibility index (Phi) is 11.0. The van der Waals surface area contributed by atoms with Gasteiger partial charge in [-0.15, -0.1) is 35.3 Å². The van der Waals surface area contributed by atoms with Crippen molar-refractivity contribution >= 4 is 41.3 Å². The average Bonchev–Trinajstić information content (AvgIpc) is 2.94. The number of aromatic nitrogens is 1. The fraction of sp³-hybridized carbons (Fsp3) is 0.778. The van der Waals surface area contributed by atoms with Crippen LogP contribution in [0.5, 0.6) is 0 Å². The van der Waals surface area contributed by atoms with E-state index >= 15 is 0 Å². The molecule has 0 aliphatic carbocycles. The highest BCUT2D eigenvalue weighted by Crippen LogP contribution is 2.29. The van der Waals surface area contributed by atoms with Crippen molar-refractivity contribution in [3.05, 3.63) is 16.1 Å². The smallest absolute Gasteiger partial charge is 0.355 e. The van der Waals surface area contributed by atoms with Crippen LogP contribution in [-0.4, -0.2) is 48.6 Å². The molecule has 2 N–H and O–H groups in total. The molecule has 0 radical (unpaired) electrons. The Labute approximate surface area is 186 Å². The maximum Gasteiger partial charge on any atom is 0.434 e. The number of likely N-dealkylation sites (tertiary alicyclic amines) is 1. The number of halogens is 4. The lowest BCUT2D eigenvalue weighted by atomic mass is 10.0. The standard InChI is InChI=1S/C18H30F3N5S.HI/c1-13(2)14(26-8-6-4-5-7-9-26)10-23-17(22-3)24-11-16-25-15(12-27-16)18(19,20)21;/h12-14H,4-11H2,1-3H3,(H2,22,23,24);1H. The summed E-state index contributed by atoms with van der Waals surface area (Å²) in [4.78, 5) is 10.4. The molecule has 0 aromatic carbocycles. The SMILES string of the molecule is CN=C(NCc1nc(C(F)(F)F)cs1)NCC(C(C)C)N1CCCCCC1.I. The summed E-state index contributed by atoms with van der Waals surface area (Å²) < 4.78 is 37.9. The molecule has 1 saturated heterocycles. The van der Waals surface area contributed by atoms with Gasteiger partial charge in [0.2, 0.25) is 0 Å². The molecule has 0 bridgehead atoms. The number of thiazole rings is 1. The summed E-state index contributed by atoms with van der Waals surface area (Å²) in [5, 5.41) is 7.82. The van der Waals surface area contributed by atoms with E-state index in [0.717, 1.165) is 36.4 Å². The highest BCUT2D eigenvalue weighted by atomic mass is 127. The molecule has 162 valence electrons. The van der Waals surface area contributed by atoms with Crippen molar-refractivity contribution in [2.45, 2.75) is 58.3 Å². The summed E-state index contributed by atoms with van der Waals surface area (Å²) in [5.74, 6) is 1.08. The molecule has 1 aromatic heterocycles. The molecule has 0 saturated carbocycles. The van der Waals surface area contributed by atoms with Crippen LogP contribution in [0.1, 0.15) is 50.2 Å². The number of hydrogen-bond acceptors (Lipinski definition) is 4. The van der Waals surface area contributed by atoms with Gasteiger partial charge in [-0.2, -0.15) is 13.2 Å². The fourth-order valence-corrected chi connectivity index (χ4v) is 4.06. The highest BCUT2D eigenvalue weighted by Gasteiger charge is 2.33. The van der Waals surface area contributed by atoms with Gasteiger partial charge >= 0.3 is 6.18 Å². The number of rotatable bonds is 6. The minimum Gasteiger partial charge on any atom is -0.355 e. The summed E-state index contributed by atoms with van der Waals surface area (Å²) in [7, 11) is 1.66. The molecule has 1 atom stereocenters. The number of nitrogens with one attached hydrogen (secondary N) is 2. The molecule has 0 amide bonds. The van der Waals surface area contributed by atoms with E-state index in [4.69, 9.17) is 0 Å². The Morgan fingerprint density at radius 3 is 2.36 bits per heavy atom. The van der Waals surface area contributed by atoms with Crippen LogP contribution in [0.3, 0.4) is 0 Å². The molecular formula is C18H31F3IN5S. The first-order valence-electron chi connectivity index (χ1n) is 9.51. The van der Waals surface area contributed by atoms with Crippen LogP contribution in [0.15, 0.2) is 10.4 Å². The second-order valence-corrected chi connectivity index (χ2v) is 8.14. The molecule has 0 spiro atoms. The van der Waals surface area contributed by atoms with Gasteiger partial charge < -0.3 is 10.6 Å². The van der Waals surface area contributed by atoms with E-state index in [1.54, 1.807) is 7.05 Å². The average molecular weight is 533 g/mol. The van der Waals surface area contributed by atoms with Crippen molar-refractivity contribution in [2.75, 3.05) is 26.7 Å². The maximum absolute atomic E-state index is 12.6. The first kappa shape index (κ1) is 25.4. The zero-order chi connectivity index (χ0) is 19.9. The lowest BCUT2D eigenvalue weighted by Crippen LogP contribution is -2.49. The molecule has 28 heavy (non-hydrogen) atoms. The predicted octanol–water partition coefficient (Wildman–Crippen LogP) is 4.35. The van der Waals surface area contributed by atoms with Gasteiger partial charge in [-0.25, -0.2) is 4.98 Å². The third-order valence-electron chi connectivity index (χ3n) is 4.83. The van der Waals surface area contributed by atoms with Gasteiger partial charge in [0.15, 0.2) is 11.7 Å². The van der Waals surface area contributed by atoms with Crippen LogP contribution in [0.25, 0.3) is 0 Å². The number of alkyl halides is 3. The molecule has 2 rings (SSSR count). The highest BCUT2D eigenvalue weighted by molar-refractivity contribution is 14.0. The number of nitrogens with zero attached hydrogens (tertiary/aromatic N) is 3. The third kappa shape index (κ3) is 8.02. The summed E-state index contributed by atoms with van der Waals surface area (Å²) >= 11 is 0.999. The normalized spacial score (nSPS) is 17.8. The van der Waals surface area contributed by atoms with Crippen molar-refractivity contribution in [3.63, 3.8) is 0 Å². The minimum atomic E-state index is -4.40. The lowest BCUT2D eigenvalue weighted by Gasteiger charge is -2.34. The van der Waals surface area contributed by atoms with E-state index in [1.807, 2.05) is 0 Å². The molecule has 1 unspecified atom stereocenters. The molecule has 1 aliphatic heterocycles. The Balaban J connectivity index is 0.00000392. The molecule has 1 aliphatic rings. The number of aliphatic imine (C=N–C) groups is 1. The van der Waals surface area contributed by atoms with Gasteiger partial charge in [-0.1, -0.05) is 26.7 Å². The van der Waals surface area contributed by atoms with E-state index in [1.165, 1.54) is 25.7 Å². The molecule has 2 heterocycles. The van der Waals surface area contributed by atoms with Crippen LogP contribution >= 0.6 is 35.3 Å². The van der Waals surface area contributed by atoms with Crippen LogP contribution in [0.4, 0.5) is 13.2 Å². The van der Waals surface area contributed by atoms with Crippen molar-refractivity contribution < 1.29 is 13.2 Å². The van der Waals surface area contributed by atoms with Crippen LogP contribution in [0, 0.1) is 5.92 Å². The van der Waals surface area contributed by atoms with E-state index in [-0.39, 0.29) is 30.5 Å². The van der Waals surface area contributed by atoms with Gasteiger partial charge in [-0.05, 0) is 31.8 Å². The van der Waals surface area contributed by atoms with Gasteiger partial charge in [-0.3, -0.25) is 9.89 Å². The Morgan fingerprint density at radius 1 is 1.21 bits per heavy atom. The van der Waals surface area contributed by atoms with Crippen molar-refractivity contribution in [2.24, 2.45) is 10.9 Å². The van der Waals surface area contributed by atoms with Crippen molar-refractivity contribution in [3.8, 4) is 0 Å². The number of hydrogen-bond donors (Lipinski definition) is 2. The largest absolute Gasteiger partial charge is 0.434 e. The van der Waals surface area contributed by atoms with Crippen LogP contribution in [0.2, 0.25) is 0 Å². The lowest BCUT2D eigenvalue weighted by molar-refractivity contribution is -0.140. The summed E-state index contributed by atoms with van der Waals surface area (Å²) in [6.07, 6.45) is 0.674. The first-order chi connectivity index (χ1) is 12.8. The minimum absolute atomic E-state index is 0. The van der Waals surface area contributed by atoms with Crippen molar-refractivity contribution in [1.29, 1.82) is 0 Å². The van der Waals surface area contributed by atoms with Gasteiger partial charge in [0.1, 0.15) is 5.01 Å². The van der Waals surface area contributed by atoms with Crippen LogP contribution in [-0.2, 0) is 12.7 Å². The van der Waals surface area contributed by atoms with E-state index < -0.39 is 11.9 Å². The molecule has 10 heteroatoms. The van der Waals surface area contributed by atoms with Gasteiger partial charge in [0.05, 0.1) is 6.54 Å². The molecule has 1 fully saturated rings. The summed E-state index contributed by atoms with van der Waals surface area (Å²) in [5.41, 5.74) is -0.840. The summed E-state index contributed by atoms with van der Waals surface area (Å²) in [6.45, 7) is 7.66. The monoisotopic (exact) mass is 533 g/mol. The zero-order valence-corrected chi connectivity index (χ0v) is 19.8.